The Kier molecular flexibility index (Phi) is 5.13. The van der Waals surface area contributed by atoms with Gasteiger partial charge in [-0.25, -0.2) is 0 Å². The highest BCUT2D eigenvalue weighted by Gasteiger charge is 2.15. The van der Waals surface area contributed by atoms with Crippen LogP contribution in [-0.4, -0.2) is 18.1 Å². The van der Waals surface area contributed by atoms with E-state index in [4.69, 9.17) is 0 Å². The molecule has 0 radical (unpaired) electrons. The molecule has 1 heterocycles. The summed E-state index contributed by atoms with van der Waals surface area (Å²) in [5.74, 6) is 3.59. The number of nitrogens with one attached hydrogen (secondary N) is 1. The number of hydrogen-bond acceptors (Lipinski definition) is 2. The molecule has 1 atom stereocenters. The Morgan fingerprint density at radius 3 is 2.67 bits per heavy atom. The SMILES string of the molecule is Cc1ccc(C(C)NCC2CCSCC2)c(C)c1. The van der Waals surface area contributed by atoms with Gasteiger partial charge in [0.05, 0.1) is 0 Å². The van der Waals surface area contributed by atoms with Crippen LogP contribution >= 0.6 is 11.8 Å². The van der Waals surface area contributed by atoms with Crippen LogP contribution in [0.2, 0.25) is 0 Å². The van der Waals surface area contributed by atoms with Crippen LogP contribution in [0.15, 0.2) is 18.2 Å². The highest BCUT2D eigenvalue weighted by molar-refractivity contribution is 7.99. The predicted octanol–water partition coefficient (Wildman–Crippen LogP) is 4.10. The zero-order chi connectivity index (χ0) is 13.0. The normalized spacial score (nSPS) is 18.8. The van der Waals surface area contributed by atoms with Crippen molar-refractivity contribution >= 4 is 11.8 Å². The lowest BCUT2D eigenvalue weighted by atomic mass is 9.98. The van der Waals surface area contributed by atoms with Crippen molar-refractivity contribution in [3.63, 3.8) is 0 Å². The number of hydrogen-bond donors (Lipinski definition) is 1. The molecule has 100 valence electrons. The van der Waals surface area contributed by atoms with Crippen LogP contribution in [0.25, 0.3) is 0 Å². The Balaban J connectivity index is 1.88. The van der Waals surface area contributed by atoms with Crippen LogP contribution in [0.1, 0.15) is 42.5 Å². The second kappa shape index (κ2) is 6.63. The van der Waals surface area contributed by atoms with Gasteiger partial charge in [-0.15, -0.1) is 0 Å². The molecule has 1 saturated heterocycles. The Hall–Kier alpha value is -0.470. The van der Waals surface area contributed by atoms with Crippen molar-refractivity contribution in [1.82, 2.24) is 5.32 Å². The molecular weight excluding hydrogens is 238 g/mol. The van der Waals surface area contributed by atoms with E-state index < -0.39 is 0 Å². The Morgan fingerprint density at radius 2 is 2.00 bits per heavy atom. The first-order valence-corrected chi connectivity index (χ1v) is 8.20. The molecule has 2 heteroatoms. The van der Waals surface area contributed by atoms with Gasteiger partial charge < -0.3 is 5.32 Å². The third-order valence-electron chi connectivity index (χ3n) is 3.95. The summed E-state index contributed by atoms with van der Waals surface area (Å²) >= 11 is 2.11. The predicted molar refractivity (Wildman–Crippen MR) is 82.4 cm³/mol. The zero-order valence-corrected chi connectivity index (χ0v) is 12.6. The van der Waals surface area contributed by atoms with Crippen LogP contribution in [0.3, 0.4) is 0 Å². The minimum absolute atomic E-state index is 0.472. The van der Waals surface area contributed by atoms with Gasteiger partial charge in [0.2, 0.25) is 0 Å². The molecule has 1 N–H and O–H groups in total. The Labute approximate surface area is 116 Å². The number of benzene rings is 1. The maximum absolute atomic E-state index is 3.72. The van der Waals surface area contributed by atoms with E-state index in [1.807, 2.05) is 0 Å². The maximum atomic E-state index is 3.72. The van der Waals surface area contributed by atoms with Crippen LogP contribution in [0, 0.1) is 19.8 Å². The summed E-state index contributed by atoms with van der Waals surface area (Å²) < 4.78 is 0. The lowest BCUT2D eigenvalue weighted by Gasteiger charge is -2.24. The van der Waals surface area contributed by atoms with E-state index in [2.05, 4.69) is 56.0 Å². The van der Waals surface area contributed by atoms with Crippen molar-refractivity contribution in [2.75, 3.05) is 18.1 Å². The van der Waals surface area contributed by atoms with Gasteiger partial charge in [0.1, 0.15) is 0 Å². The number of rotatable bonds is 4. The van der Waals surface area contributed by atoms with Crippen LogP contribution < -0.4 is 5.32 Å². The molecule has 1 aliphatic heterocycles. The lowest BCUT2D eigenvalue weighted by Crippen LogP contribution is -2.28. The van der Waals surface area contributed by atoms with Crippen molar-refractivity contribution in [1.29, 1.82) is 0 Å². The van der Waals surface area contributed by atoms with Gasteiger partial charge in [0.25, 0.3) is 0 Å². The third kappa shape index (κ3) is 3.76. The summed E-state index contributed by atoms with van der Waals surface area (Å²) in [7, 11) is 0. The van der Waals surface area contributed by atoms with E-state index in [0.29, 0.717) is 6.04 Å². The summed E-state index contributed by atoms with van der Waals surface area (Å²) in [6.07, 6.45) is 2.77. The standard InChI is InChI=1S/C16H25NS/c1-12-4-5-16(13(2)10-12)14(3)17-11-15-6-8-18-9-7-15/h4-5,10,14-15,17H,6-9,11H2,1-3H3. The quantitative estimate of drug-likeness (QED) is 0.878. The molecule has 1 aromatic rings. The average molecular weight is 263 g/mol. The summed E-state index contributed by atoms with van der Waals surface area (Å²) in [6.45, 7) is 7.84. The summed E-state index contributed by atoms with van der Waals surface area (Å²) in [6, 6.07) is 7.25. The van der Waals surface area contributed by atoms with Crippen LogP contribution in [0.4, 0.5) is 0 Å². The third-order valence-corrected chi connectivity index (χ3v) is 4.99. The van der Waals surface area contributed by atoms with Gasteiger partial charge in [0, 0.05) is 6.04 Å². The molecule has 0 saturated carbocycles. The minimum atomic E-state index is 0.472. The Bertz CT molecular complexity index is 383. The van der Waals surface area contributed by atoms with Crippen molar-refractivity contribution in [3.05, 3.63) is 34.9 Å². The Morgan fingerprint density at radius 1 is 1.28 bits per heavy atom. The topological polar surface area (TPSA) is 12.0 Å². The van der Waals surface area contributed by atoms with E-state index in [1.54, 1.807) is 0 Å². The molecule has 1 unspecified atom stereocenters. The van der Waals surface area contributed by atoms with E-state index in [-0.39, 0.29) is 0 Å². The van der Waals surface area contributed by atoms with Gasteiger partial charge in [-0.05, 0) is 68.7 Å². The molecule has 1 aromatic carbocycles. The van der Waals surface area contributed by atoms with Gasteiger partial charge in [-0.3, -0.25) is 0 Å². The van der Waals surface area contributed by atoms with E-state index in [1.165, 1.54) is 47.6 Å². The fourth-order valence-corrected chi connectivity index (χ4v) is 3.92. The summed E-state index contributed by atoms with van der Waals surface area (Å²) in [4.78, 5) is 0. The minimum Gasteiger partial charge on any atom is -0.310 e. The first-order valence-electron chi connectivity index (χ1n) is 7.05. The first-order chi connectivity index (χ1) is 8.66. The molecule has 1 nitrogen and oxygen atoms in total. The zero-order valence-electron chi connectivity index (χ0n) is 11.8. The van der Waals surface area contributed by atoms with Crippen molar-refractivity contribution in [2.45, 2.75) is 39.7 Å². The monoisotopic (exact) mass is 263 g/mol. The second-order valence-electron chi connectivity index (χ2n) is 5.55. The van der Waals surface area contributed by atoms with Gasteiger partial charge in [0.15, 0.2) is 0 Å². The van der Waals surface area contributed by atoms with Crippen LogP contribution in [-0.2, 0) is 0 Å². The molecule has 0 aliphatic carbocycles. The van der Waals surface area contributed by atoms with Crippen molar-refractivity contribution < 1.29 is 0 Å². The molecule has 0 bridgehead atoms. The molecule has 1 fully saturated rings. The first kappa shape index (κ1) is 14.0. The molecule has 2 rings (SSSR count). The highest BCUT2D eigenvalue weighted by atomic mass is 32.2. The fraction of sp³-hybridized carbons (Fsp3) is 0.625. The van der Waals surface area contributed by atoms with Gasteiger partial charge >= 0.3 is 0 Å². The number of aryl methyl sites for hydroxylation is 2. The molecule has 0 spiro atoms. The fourth-order valence-electron chi connectivity index (χ4n) is 2.72. The van der Waals surface area contributed by atoms with Gasteiger partial charge in [-0.1, -0.05) is 23.8 Å². The average Bonchev–Trinajstić information content (AvgIpc) is 2.37. The van der Waals surface area contributed by atoms with E-state index in [9.17, 15) is 0 Å². The van der Waals surface area contributed by atoms with Crippen molar-refractivity contribution in [3.8, 4) is 0 Å². The van der Waals surface area contributed by atoms with E-state index >= 15 is 0 Å². The molecular formula is C16H25NS. The highest BCUT2D eigenvalue weighted by Crippen LogP contribution is 2.24. The molecule has 0 amide bonds. The maximum Gasteiger partial charge on any atom is 0.0294 e. The van der Waals surface area contributed by atoms with Crippen LogP contribution in [0.5, 0.6) is 0 Å². The second-order valence-corrected chi connectivity index (χ2v) is 6.77. The molecule has 1 aliphatic rings. The smallest absolute Gasteiger partial charge is 0.0294 e. The van der Waals surface area contributed by atoms with Crippen molar-refractivity contribution in [2.24, 2.45) is 5.92 Å². The lowest BCUT2D eigenvalue weighted by molar-refractivity contribution is 0.420. The molecule has 0 aromatic heterocycles. The summed E-state index contributed by atoms with van der Waals surface area (Å²) in [5.41, 5.74) is 4.22. The largest absolute Gasteiger partial charge is 0.310 e. The summed E-state index contributed by atoms with van der Waals surface area (Å²) in [5, 5.41) is 3.72. The van der Waals surface area contributed by atoms with Gasteiger partial charge in [-0.2, -0.15) is 11.8 Å². The molecule has 18 heavy (non-hydrogen) atoms. The number of thioether (sulfide) groups is 1. The van der Waals surface area contributed by atoms with E-state index in [0.717, 1.165) is 5.92 Å².